The lowest BCUT2D eigenvalue weighted by atomic mass is 10.2. The predicted molar refractivity (Wildman–Crippen MR) is 214 cm³/mol. The zero-order valence-electron chi connectivity index (χ0n) is 31.3. The third-order valence-corrected chi connectivity index (χ3v) is 8.45. The summed E-state index contributed by atoms with van der Waals surface area (Å²) in [4.78, 5) is 34.2. The third kappa shape index (κ3) is 15.9. The first-order valence-corrected chi connectivity index (χ1v) is 19.1. The average Bonchev–Trinajstić information content (AvgIpc) is 3.18. The van der Waals surface area contributed by atoms with Crippen molar-refractivity contribution in [2.24, 2.45) is 9.98 Å². The highest BCUT2D eigenvalue weighted by Crippen LogP contribution is 2.19. The molecule has 4 aromatic carbocycles. The highest BCUT2D eigenvalue weighted by molar-refractivity contribution is 5.92. The maximum atomic E-state index is 12.6. The first-order chi connectivity index (χ1) is 26.0. The number of esters is 2. The maximum absolute atomic E-state index is 12.6. The van der Waals surface area contributed by atoms with Gasteiger partial charge in [-0.25, -0.2) is 9.59 Å². The normalized spacial score (nSPS) is 11.2. The molecule has 0 aliphatic carbocycles. The van der Waals surface area contributed by atoms with Gasteiger partial charge in [0.1, 0.15) is 23.0 Å². The number of carbonyl (C=O) groups is 2. The summed E-state index contributed by atoms with van der Waals surface area (Å²) in [6.07, 6.45) is 15.9. The number of benzene rings is 4. The Morgan fingerprint density at radius 1 is 0.453 bits per heavy atom. The van der Waals surface area contributed by atoms with Crippen LogP contribution in [0.1, 0.15) is 116 Å². The quantitative estimate of drug-likeness (QED) is 0.0310. The summed E-state index contributed by atoms with van der Waals surface area (Å²) in [5.74, 6) is 1.68. The van der Waals surface area contributed by atoms with Crippen LogP contribution in [0.25, 0.3) is 0 Å². The van der Waals surface area contributed by atoms with Gasteiger partial charge in [-0.15, -0.1) is 0 Å². The number of hydrogen-bond acceptors (Lipinski definition) is 8. The summed E-state index contributed by atoms with van der Waals surface area (Å²) in [5, 5.41) is 0. The van der Waals surface area contributed by atoms with Gasteiger partial charge < -0.3 is 18.9 Å². The third-order valence-electron chi connectivity index (χ3n) is 8.45. The second kappa shape index (κ2) is 24.1. The lowest BCUT2D eigenvalue weighted by molar-refractivity contribution is 0.0725. The summed E-state index contributed by atoms with van der Waals surface area (Å²) >= 11 is 0. The fourth-order valence-electron chi connectivity index (χ4n) is 5.31. The number of ether oxygens (including phenoxy) is 4. The van der Waals surface area contributed by atoms with Gasteiger partial charge in [-0.3, -0.25) is 9.98 Å². The van der Waals surface area contributed by atoms with E-state index in [0.717, 1.165) is 67.8 Å². The molecule has 0 saturated heterocycles. The van der Waals surface area contributed by atoms with Crippen LogP contribution in [0.15, 0.2) is 107 Å². The van der Waals surface area contributed by atoms with Crippen LogP contribution in [0.3, 0.4) is 0 Å². The first kappa shape index (κ1) is 40.5. The van der Waals surface area contributed by atoms with E-state index in [1.54, 1.807) is 72.8 Å². The predicted octanol–water partition coefficient (Wildman–Crippen LogP) is 10.8. The molecule has 0 unspecified atom stereocenters. The van der Waals surface area contributed by atoms with Crippen molar-refractivity contribution in [2.75, 3.05) is 26.3 Å². The number of hydrogen-bond donors (Lipinski definition) is 0. The van der Waals surface area contributed by atoms with Gasteiger partial charge in [0.05, 0.1) is 24.3 Å². The molecule has 8 nitrogen and oxygen atoms in total. The molecule has 0 amide bonds. The molecular formula is C45H54N2O6. The monoisotopic (exact) mass is 718 g/mol. The summed E-state index contributed by atoms with van der Waals surface area (Å²) in [5.41, 5.74) is 2.85. The Kier molecular flexibility index (Phi) is 18.4. The van der Waals surface area contributed by atoms with Crippen molar-refractivity contribution in [3.05, 3.63) is 119 Å². The molecule has 4 rings (SSSR count). The van der Waals surface area contributed by atoms with Crippen LogP contribution >= 0.6 is 0 Å². The van der Waals surface area contributed by atoms with Gasteiger partial charge in [0, 0.05) is 25.5 Å². The van der Waals surface area contributed by atoms with Crippen molar-refractivity contribution in [3.63, 3.8) is 0 Å². The van der Waals surface area contributed by atoms with E-state index in [1.165, 1.54) is 38.5 Å². The number of aliphatic imine (C=N–C) groups is 2. The van der Waals surface area contributed by atoms with E-state index in [1.807, 2.05) is 36.7 Å². The molecule has 0 radical (unpaired) electrons. The molecule has 280 valence electrons. The van der Waals surface area contributed by atoms with Gasteiger partial charge in [-0.2, -0.15) is 0 Å². The van der Waals surface area contributed by atoms with Crippen LogP contribution < -0.4 is 18.9 Å². The standard InChI is InChI=1S/C45H54N2O6/c1-3-5-7-12-32-50-40-26-18-38(19-27-40)44(48)52-42-22-14-36(15-23-42)34-46-30-10-9-11-31-47-35-37-16-24-43(25-17-37)53-45(49)39-20-28-41(29-21-39)51-33-13-8-6-4-2/h14-29,34-35H,3-13,30-33H2,1-2H3. The molecule has 0 bridgehead atoms. The van der Waals surface area contributed by atoms with E-state index in [4.69, 9.17) is 18.9 Å². The summed E-state index contributed by atoms with van der Waals surface area (Å²) in [6, 6.07) is 28.8. The molecule has 0 atom stereocenters. The molecule has 0 aliphatic heterocycles. The van der Waals surface area contributed by atoms with Crippen molar-refractivity contribution in [2.45, 2.75) is 84.5 Å². The zero-order valence-corrected chi connectivity index (χ0v) is 31.3. The van der Waals surface area contributed by atoms with Crippen LogP contribution in [-0.2, 0) is 0 Å². The number of carbonyl (C=O) groups excluding carboxylic acids is 2. The fourth-order valence-corrected chi connectivity index (χ4v) is 5.31. The highest BCUT2D eigenvalue weighted by atomic mass is 16.5. The molecule has 8 heteroatoms. The van der Waals surface area contributed by atoms with E-state index in [-0.39, 0.29) is 0 Å². The van der Waals surface area contributed by atoms with Crippen molar-refractivity contribution in [1.29, 1.82) is 0 Å². The Morgan fingerprint density at radius 3 is 1.19 bits per heavy atom. The van der Waals surface area contributed by atoms with E-state index >= 15 is 0 Å². The van der Waals surface area contributed by atoms with E-state index in [9.17, 15) is 9.59 Å². The molecular weight excluding hydrogens is 665 g/mol. The van der Waals surface area contributed by atoms with Crippen molar-refractivity contribution < 1.29 is 28.5 Å². The summed E-state index contributed by atoms with van der Waals surface area (Å²) < 4.78 is 22.6. The minimum Gasteiger partial charge on any atom is -0.494 e. The SMILES string of the molecule is CCCCCCOc1ccc(C(=O)Oc2ccc(C=NCCCCCN=Cc3ccc(OC(=O)c4ccc(OCCCCCC)cc4)cc3)cc2)cc1. The minimum absolute atomic E-state index is 0.404. The Balaban J connectivity index is 1.06. The second-order valence-corrected chi connectivity index (χ2v) is 12.9. The van der Waals surface area contributed by atoms with E-state index in [2.05, 4.69) is 23.8 Å². The number of nitrogens with zero attached hydrogens (tertiary/aromatic N) is 2. The molecule has 0 aromatic heterocycles. The first-order valence-electron chi connectivity index (χ1n) is 19.1. The van der Waals surface area contributed by atoms with Gasteiger partial charge in [0.2, 0.25) is 0 Å². The zero-order chi connectivity index (χ0) is 37.4. The van der Waals surface area contributed by atoms with Gasteiger partial charge in [-0.1, -0.05) is 52.4 Å². The molecule has 0 saturated carbocycles. The molecule has 0 spiro atoms. The summed E-state index contributed by atoms with van der Waals surface area (Å²) in [7, 11) is 0. The Bertz CT molecular complexity index is 1550. The fraction of sp³-hybridized carbons (Fsp3) is 0.378. The number of unbranched alkanes of at least 4 members (excludes halogenated alkanes) is 8. The molecule has 0 aliphatic rings. The lowest BCUT2D eigenvalue weighted by Gasteiger charge is -2.08. The molecule has 53 heavy (non-hydrogen) atoms. The van der Waals surface area contributed by atoms with Crippen molar-refractivity contribution >= 4 is 24.4 Å². The minimum atomic E-state index is -0.404. The van der Waals surface area contributed by atoms with Gasteiger partial charge in [-0.05, 0) is 140 Å². The topological polar surface area (TPSA) is 95.8 Å². The highest BCUT2D eigenvalue weighted by Gasteiger charge is 2.10. The van der Waals surface area contributed by atoms with E-state index < -0.39 is 11.9 Å². The Labute approximate surface area is 315 Å². The van der Waals surface area contributed by atoms with Crippen LogP contribution in [-0.4, -0.2) is 50.7 Å². The molecule has 0 heterocycles. The smallest absolute Gasteiger partial charge is 0.343 e. The Morgan fingerprint density at radius 2 is 0.811 bits per heavy atom. The van der Waals surface area contributed by atoms with E-state index in [0.29, 0.717) is 35.8 Å². The van der Waals surface area contributed by atoms with Crippen molar-refractivity contribution in [3.8, 4) is 23.0 Å². The Hall–Kier alpha value is -5.24. The molecule has 0 fully saturated rings. The van der Waals surface area contributed by atoms with Crippen LogP contribution in [0.2, 0.25) is 0 Å². The molecule has 4 aromatic rings. The largest absolute Gasteiger partial charge is 0.494 e. The van der Waals surface area contributed by atoms with Crippen LogP contribution in [0.4, 0.5) is 0 Å². The van der Waals surface area contributed by atoms with Gasteiger partial charge >= 0.3 is 11.9 Å². The number of rotatable bonds is 24. The van der Waals surface area contributed by atoms with Gasteiger partial charge in [0.25, 0.3) is 0 Å². The van der Waals surface area contributed by atoms with Crippen molar-refractivity contribution in [1.82, 2.24) is 0 Å². The lowest BCUT2D eigenvalue weighted by Crippen LogP contribution is -2.08. The average molecular weight is 719 g/mol. The maximum Gasteiger partial charge on any atom is 0.343 e. The molecule has 0 N–H and O–H groups in total. The van der Waals surface area contributed by atoms with Crippen LogP contribution in [0.5, 0.6) is 23.0 Å². The second-order valence-electron chi connectivity index (χ2n) is 12.9. The summed E-state index contributed by atoms with van der Waals surface area (Å²) in [6.45, 7) is 7.20. The van der Waals surface area contributed by atoms with Gasteiger partial charge in [0.15, 0.2) is 0 Å². The van der Waals surface area contributed by atoms with Crippen LogP contribution in [0, 0.1) is 0 Å².